The average Bonchev–Trinajstić information content (AvgIpc) is 2.68. The molecule has 0 aliphatic carbocycles. The second-order valence-electron chi connectivity index (χ2n) is 8.76. The quantitative estimate of drug-likeness (QED) is 0.447. The van der Waals surface area contributed by atoms with Crippen molar-refractivity contribution in [3.63, 3.8) is 0 Å². The molecule has 0 saturated carbocycles. The first-order valence-electron chi connectivity index (χ1n) is 9.98. The summed E-state index contributed by atoms with van der Waals surface area (Å²) in [4.78, 5) is 13.8. The minimum absolute atomic E-state index is 0.00966. The zero-order valence-electron chi connectivity index (χ0n) is 17.9. The summed E-state index contributed by atoms with van der Waals surface area (Å²) in [5.41, 5.74) is 4.22. The summed E-state index contributed by atoms with van der Waals surface area (Å²) < 4.78 is 14.3. The molecular weight excluding hydrogens is 375 g/mol. The maximum Gasteiger partial charge on any atom is 0.226 e. The summed E-state index contributed by atoms with van der Waals surface area (Å²) in [6, 6.07) is 23.0. The Labute approximate surface area is 174 Å². The molecule has 3 aromatic carbocycles. The van der Waals surface area contributed by atoms with Crippen LogP contribution in [0.3, 0.4) is 0 Å². The zero-order valence-corrected chi connectivity index (χ0v) is 18.8. The maximum atomic E-state index is 14.3. The van der Waals surface area contributed by atoms with Crippen LogP contribution in [0.25, 0.3) is 0 Å². The standard InChI is InChI=1S/C26H29O2P/c1-19-16-22(26(3,4)5)17-20(2)24(19)25(27)29(28,23-14-10-7-11-15-23)18-21-12-8-6-9-13-21/h6-17H,18H2,1-5H3. The molecule has 3 heteroatoms. The van der Waals surface area contributed by atoms with Crippen molar-refractivity contribution in [3.8, 4) is 0 Å². The first-order chi connectivity index (χ1) is 13.6. The molecule has 0 aliphatic heterocycles. The lowest BCUT2D eigenvalue weighted by Crippen LogP contribution is -2.18. The lowest BCUT2D eigenvalue weighted by molar-refractivity contribution is 0.107. The topological polar surface area (TPSA) is 34.1 Å². The summed E-state index contributed by atoms with van der Waals surface area (Å²) in [5, 5.41) is 0.618. The normalized spacial score (nSPS) is 13.7. The van der Waals surface area contributed by atoms with Crippen molar-refractivity contribution in [2.45, 2.75) is 46.2 Å². The minimum Gasteiger partial charge on any atom is -0.310 e. The smallest absolute Gasteiger partial charge is 0.226 e. The van der Waals surface area contributed by atoms with Crippen LogP contribution >= 0.6 is 7.14 Å². The van der Waals surface area contributed by atoms with Crippen LogP contribution in [0.2, 0.25) is 0 Å². The van der Waals surface area contributed by atoms with Crippen LogP contribution in [0.15, 0.2) is 72.8 Å². The largest absolute Gasteiger partial charge is 0.310 e. The van der Waals surface area contributed by atoms with Crippen LogP contribution in [0.5, 0.6) is 0 Å². The van der Waals surface area contributed by atoms with Gasteiger partial charge in [0.05, 0.1) is 0 Å². The zero-order chi connectivity index (χ0) is 21.2. The third-order valence-electron chi connectivity index (χ3n) is 5.36. The number of aryl methyl sites for hydroxylation is 2. The van der Waals surface area contributed by atoms with E-state index in [1.165, 1.54) is 5.56 Å². The van der Waals surface area contributed by atoms with Crippen LogP contribution in [0.1, 0.15) is 53.4 Å². The molecule has 0 saturated heterocycles. The van der Waals surface area contributed by atoms with E-state index in [1.807, 2.05) is 74.5 Å². The van der Waals surface area contributed by atoms with Gasteiger partial charge in [0, 0.05) is 17.0 Å². The van der Waals surface area contributed by atoms with E-state index in [0.717, 1.165) is 16.7 Å². The molecule has 150 valence electrons. The Kier molecular flexibility index (Phi) is 5.96. The van der Waals surface area contributed by atoms with E-state index in [2.05, 4.69) is 32.9 Å². The number of benzene rings is 3. The Balaban J connectivity index is 2.15. The molecule has 1 unspecified atom stereocenters. The van der Waals surface area contributed by atoms with Crippen LogP contribution in [0.4, 0.5) is 0 Å². The Hall–Kier alpha value is -2.44. The summed E-state index contributed by atoms with van der Waals surface area (Å²) >= 11 is 0. The van der Waals surface area contributed by atoms with E-state index >= 15 is 0 Å². The van der Waals surface area contributed by atoms with Crippen molar-refractivity contribution in [1.82, 2.24) is 0 Å². The number of hydrogen-bond acceptors (Lipinski definition) is 2. The highest BCUT2D eigenvalue weighted by molar-refractivity contribution is 7.86. The third kappa shape index (κ3) is 4.43. The lowest BCUT2D eigenvalue weighted by Gasteiger charge is -2.24. The van der Waals surface area contributed by atoms with Gasteiger partial charge in [-0.15, -0.1) is 0 Å². The molecule has 0 aliphatic rings. The van der Waals surface area contributed by atoms with E-state index in [-0.39, 0.29) is 17.1 Å². The molecular formula is C26H29O2P. The Bertz CT molecular complexity index is 1040. The second-order valence-corrected chi connectivity index (χ2v) is 11.5. The fraction of sp³-hybridized carbons (Fsp3) is 0.269. The van der Waals surface area contributed by atoms with Crippen molar-refractivity contribution in [2.24, 2.45) is 0 Å². The molecule has 0 spiro atoms. The highest BCUT2D eigenvalue weighted by Crippen LogP contribution is 2.52. The van der Waals surface area contributed by atoms with Crippen molar-refractivity contribution in [1.29, 1.82) is 0 Å². The maximum absolute atomic E-state index is 14.3. The van der Waals surface area contributed by atoms with Gasteiger partial charge in [0.1, 0.15) is 0 Å². The van der Waals surface area contributed by atoms with Gasteiger partial charge in [0.2, 0.25) is 5.52 Å². The van der Waals surface area contributed by atoms with Gasteiger partial charge in [-0.3, -0.25) is 4.79 Å². The summed E-state index contributed by atoms with van der Waals surface area (Å²) in [7, 11) is -3.36. The van der Waals surface area contributed by atoms with Crippen LogP contribution in [-0.4, -0.2) is 5.52 Å². The minimum atomic E-state index is -3.36. The summed E-state index contributed by atoms with van der Waals surface area (Å²) in [6.07, 6.45) is 0.233. The average molecular weight is 404 g/mol. The molecule has 0 fully saturated rings. The van der Waals surface area contributed by atoms with Gasteiger partial charge in [-0.1, -0.05) is 93.6 Å². The molecule has 0 bridgehead atoms. The molecule has 3 rings (SSSR count). The van der Waals surface area contributed by atoms with Gasteiger partial charge in [-0.05, 0) is 41.5 Å². The summed E-state index contributed by atoms with van der Waals surface area (Å²) in [6.45, 7) is 10.4. The third-order valence-corrected chi connectivity index (χ3v) is 8.18. The van der Waals surface area contributed by atoms with E-state index in [1.54, 1.807) is 0 Å². The van der Waals surface area contributed by atoms with Crippen molar-refractivity contribution in [2.75, 3.05) is 0 Å². The van der Waals surface area contributed by atoms with E-state index in [0.29, 0.717) is 10.9 Å². The molecule has 2 nitrogen and oxygen atoms in total. The van der Waals surface area contributed by atoms with Gasteiger partial charge in [0.15, 0.2) is 7.14 Å². The SMILES string of the molecule is Cc1cc(C(C)(C)C)cc(C)c1C(=O)P(=O)(Cc1ccccc1)c1ccccc1. The van der Waals surface area contributed by atoms with Crippen molar-refractivity contribution in [3.05, 3.63) is 101 Å². The molecule has 3 aromatic rings. The Morgan fingerprint density at radius 1 is 0.828 bits per heavy atom. The molecule has 1 atom stereocenters. The van der Waals surface area contributed by atoms with Gasteiger partial charge >= 0.3 is 0 Å². The highest BCUT2D eigenvalue weighted by atomic mass is 31.2. The first-order valence-corrected chi connectivity index (χ1v) is 11.9. The first kappa shape index (κ1) is 21.3. The van der Waals surface area contributed by atoms with Gasteiger partial charge < -0.3 is 4.57 Å². The molecule has 29 heavy (non-hydrogen) atoms. The van der Waals surface area contributed by atoms with Gasteiger partial charge in [-0.2, -0.15) is 0 Å². The second kappa shape index (κ2) is 8.13. The molecule has 0 aromatic heterocycles. The molecule has 0 N–H and O–H groups in total. The molecule has 0 radical (unpaired) electrons. The monoisotopic (exact) mass is 404 g/mol. The predicted octanol–water partition coefficient (Wildman–Crippen LogP) is 6.63. The van der Waals surface area contributed by atoms with Crippen LogP contribution < -0.4 is 5.30 Å². The number of carbonyl (C=O) groups excluding carboxylic acids is 1. The van der Waals surface area contributed by atoms with Crippen molar-refractivity contribution >= 4 is 18.0 Å². The molecule has 0 heterocycles. The van der Waals surface area contributed by atoms with Crippen molar-refractivity contribution < 1.29 is 9.36 Å². The Morgan fingerprint density at radius 3 is 1.79 bits per heavy atom. The van der Waals surface area contributed by atoms with Gasteiger partial charge in [-0.25, -0.2) is 0 Å². The van der Waals surface area contributed by atoms with E-state index in [9.17, 15) is 9.36 Å². The molecule has 0 amide bonds. The number of hydrogen-bond donors (Lipinski definition) is 0. The van der Waals surface area contributed by atoms with E-state index in [4.69, 9.17) is 0 Å². The van der Waals surface area contributed by atoms with Gasteiger partial charge in [0.25, 0.3) is 0 Å². The highest BCUT2D eigenvalue weighted by Gasteiger charge is 2.36. The van der Waals surface area contributed by atoms with E-state index < -0.39 is 7.14 Å². The predicted molar refractivity (Wildman–Crippen MR) is 123 cm³/mol. The number of carbonyl (C=O) groups is 1. The lowest BCUT2D eigenvalue weighted by atomic mass is 9.84. The Morgan fingerprint density at radius 2 is 1.31 bits per heavy atom. The summed E-state index contributed by atoms with van der Waals surface area (Å²) in [5.74, 6) is 0. The van der Waals surface area contributed by atoms with Crippen LogP contribution in [0, 0.1) is 13.8 Å². The fourth-order valence-electron chi connectivity index (χ4n) is 3.70. The fourth-order valence-corrected chi connectivity index (χ4v) is 6.36. The van der Waals surface area contributed by atoms with Crippen LogP contribution in [-0.2, 0) is 16.1 Å². The number of rotatable bonds is 5.